The summed E-state index contributed by atoms with van der Waals surface area (Å²) < 4.78 is 11.2. The summed E-state index contributed by atoms with van der Waals surface area (Å²) >= 11 is 0. The van der Waals surface area contributed by atoms with Crippen molar-refractivity contribution in [1.29, 1.82) is 0 Å². The van der Waals surface area contributed by atoms with Gasteiger partial charge in [0.05, 0.1) is 5.57 Å². The van der Waals surface area contributed by atoms with Crippen molar-refractivity contribution in [1.82, 2.24) is 10.3 Å². The van der Waals surface area contributed by atoms with E-state index in [1.165, 1.54) is 0 Å². The molecule has 166 valence electrons. The fourth-order valence-electron chi connectivity index (χ4n) is 4.48. The predicted molar refractivity (Wildman–Crippen MR) is 121 cm³/mol. The second-order valence-electron chi connectivity index (χ2n) is 9.01. The van der Waals surface area contributed by atoms with Crippen LogP contribution in [0.1, 0.15) is 45.1 Å². The maximum Gasteiger partial charge on any atom is 0.336 e. The summed E-state index contributed by atoms with van der Waals surface area (Å²) in [6.45, 7) is 6.40. The molecule has 32 heavy (non-hydrogen) atoms. The van der Waals surface area contributed by atoms with Crippen LogP contribution in [0.3, 0.4) is 0 Å². The number of ether oxygens (including phenoxy) is 2. The molecule has 0 spiro atoms. The van der Waals surface area contributed by atoms with Crippen LogP contribution in [0.15, 0.2) is 77.4 Å². The van der Waals surface area contributed by atoms with Crippen LogP contribution in [0.2, 0.25) is 0 Å². The largest absolute Gasteiger partial charge is 0.490 e. The van der Waals surface area contributed by atoms with Gasteiger partial charge < -0.3 is 14.8 Å². The molecule has 1 atom stereocenters. The Bertz CT molecular complexity index is 1070. The molecule has 6 nitrogen and oxygen atoms in total. The Kier molecular flexibility index (Phi) is 6.12. The Morgan fingerprint density at radius 3 is 2.53 bits per heavy atom. The molecule has 2 heterocycles. The molecule has 0 amide bonds. The van der Waals surface area contributed by atoms with E-state index < -0.39 is 11.9 Å². The normalized spacial score (nSPS) is 19.8. The number of hydrogen-bond donors (Lipinski definition) is 1. The molecule has 4 rings (SSSR count). The summed E-state index contributed by atoms with van der Waals surface area (Å²) in [5.41, 5.74) is 3.46. The first-order valence-electron chi connectivity index (χ1n) is 10.8. The molecule has 0 bridgehead atoms. The number of nitrogens with one attached hydrogen (secondary N) is 1. The van der Waals surface area contributed by atoms with Gasteiger partial charge in [-0.1, -0.05) is 32.0 Å². The van der Waals surface area contributed by atoms with E-state index in [-0.39, 0.29) is 24.4 Å². The molecule has 2 aromatic rings. The minimum atomic E-state index is -0.472. The Hall–Kier alpha value is -3.41. The van der Waals surface area contributed by atoms with Gasteiger partial charge in [0.25, 0.3) is 0 Å². The van der Waals surface area contributed by atoms with Crippen molar-refractivity contribution in [3.63, 3.8) is 0 Å². The van der Waals surface area contributed by atoms with E-state index in [4.69, 9.17) is 9.47 Å². The Morgan fingerprint density at radius 2 is 1.81 bits per heavy atom. The number of hydrogen-bond acceptors (Lipinski definition) is 6. The maximum atomic E-state index is 13.2. The van der Waals surface area contributed by atoms with Crippen LogP contribution in [0, 0.1) is 5.41 Å². The minimum absolute atomic E-state index is 0.0655. The van der Waals surface area contributed by atoms with Gasteiger partial charge in [-0.25, -0.2) is 4.79 Å². The van der Waals surface area contributed by atoms with Crippen LogP contribution < -0.4 is 10.1 Å². The van der Waals surface area contributed by atoms with Crippen LogP contribution >= 0.6 is 0 Å². The molecule has 1 aromatic carbocycles. The third-order valence-electron chi connectivity index (χ3n) is 5.83. The van der Waals surface area contributed by atoms with Gasteiger partial charge in [-0.15, -0.1) is 0 Å². The zero-order valence-corrected chi connectivity index (χ0v) is 18.7. The van der Waals surface area contributed by atoms with Crippen molar-refractivity contribution in [2.45, 2.75) is 39.5 Å². The monoisotopic (exact) mass is 432 g/mol. The quantitative estimate of drug-likeness (QED) is 0.542. The average Bonchev–Trinajstić information content (AvgIpc) is 2.76. The van der Waals surface area contributed by atoms with E-state index >= 15 is 0 Å². The molecule has 1 aliphatic carbocycles. The lowest BCUT2D eigenvalue weighted by Gasteiger charge is -2.39. The van der Waals surface area contributed by atoms with Gasteiger partial charge in [0.2, 0.25) is 0 Å². The number of benzene rings is 1. The minimum Gasteiger partial charge on any atom is -0.490 e. The Balaban J connectivity index is 1.57. The first kappa shape index (κ1) is 21.8. The zero-order chi connectivity index (χ0) is 22.7. The molecule has 0 fully saturated rings. The SMILES string of the molecule is CC1=C(C(=O)OCCOc2ccccc2)[C@@H](c2ccncc2)C2=C(CC(C)(C)CC2=O)N1. The standard InChI is InChI=1S/C26H28N2O4/c1-17-22(25(30)32-14-13-31-19-7-5-4-6-8-19)23(18-9-11-27-12-10-18)24-20(28-17)15-26(2,3)16-21(24)29/h4-12,23,28H,13-16H2,1-3H3/t23-/m1/s1. The highest BCUT2D eigenvalue weighted by Crippen LogP contribution is 2.46. The number of dihydropyridines is 1. The molecule has 2 aliphatic rings. The summed E-state index contributed by atoms with van der Waals surface area (Å²) in [4.78, 5) is 30.5. The average molecular weight is 433 g/mol. The first-order valence-corrected chi connectivity index (χ1v) is 10.8. The second-order valence-corrected chi connectivity index (χ2v) is 9.01. The lowest BCUT2D eigenvalue weighted by Crippen LogP contribution is -2.38. The van der Waals surface area contributed by atoms with E-state index in [0.29, 0.717) is 23.3 Å². The number of carbonyl (C=O) groups is 2. The van der Waals surface area contributed by atoms with Gasteiger partial charge in [0.15, 0.2) is 5.78 Å². The van der Waals surface area contributed by atoms with Crippen LogP contribution in [0.4, 0.5) is 0 Å². The lowest BCUT2D eigenvalue weighted by molar-refractivity contribution is -0.140. The van der Waals surface area contributed by atoms with Gasteiger partial charge >= 0.3 is 5.97 Å². The van der Waals surface area contributed by atoms with Gasteiger partial charge in [-0.2, -0.15) is 0 Å². The number of Topliss-reactive ketones (excluding diaryl/α,β-unsaturated/α-hetero) is 1. The molecule has 0 unspecified atom stereocenters. The fourth-order valence-corrected chi connectivity index (χ4v) is 4.48. The predicted octanol–water partition coefficient (Wildman–Crippen LogP) is 4.31. The highest BCUT2D eigenvalue weighted by atomic mass is 16.6. The van der Waals surface area contributed by atoms with Crippen molar-refractivity contribution >= 4 is 11.8 Å². The zero-order valence-electron chi connectivity index (χ0n) is 18.7. The van der Waals surface area contributed by atoms with Crippen LogP contribution in [-0.2, 0) is 14.3 Å². The molecule has 0 saturated heterocycles. The van der Waals surface area contributed by atoms with Gasteiger partial charge in [-0.05, 0) is 48.6 Å². The number of para-hydroxylation sites is 1. The number of allylic oxidation sites excluding steroid dienone is 3. The Labute approximate surface area is 188 Å². The number of esters is 1. The summed E-state index contributed by atoms with van der Waals surface area (Å²) in [6.07, 6.45) is 4.56. The molecular weight excluding hydrogens is 404 g/mol. The molecule has 1 aromatic heterocycles. The van der Waals surface area contributed by atoms with Crippen LogP contribution in [0.25, 0.3) is 0 Å². The van der Waals surface area contributed by atoms with E-state index in [1.54, 1.807) is 12.4 Å². The van der Waals surface area contributed by atoms with Gasteiger partial charge in [-0.3, -0.25) is 9.78 Å². The number of rotatable bonds is 6. The highest BCUT2D eigenvalue weighted by Gasteiger charge is 2.43. The molecule has 1 N–H and O–H groups in total. The van der Waals surface area contributed by atoms with Crippen molar-refractivity contribution in [2.75, 3.05) is 13.2 Å². The number of nitrogens with zero attached hydrogens (tertiary/aromatic N) is 1. The summed E-state index contributed by atoms with van der Waals surface area (Å²) in [6, 6.07) is 13.1. The van der Waals surface area contributed by atoms with Crippen LogP contribution in [-0.4, -0.2) is 30.0 Å². The topological polar surface area (TPSA) is 77.5 Å². The molecule has 6 heteroatoms. The van der Waals surface area contributed by atoms with Crippen molar-refractivity contribution in [3.05, 3.63) is 83.0 Å². The van der Waals surface area contributed by atoms with Crippen molar-refractivity contribution in [3.8, 4) is 5.75 Å². The van der Waals surface area contributed by atoms with E-state index in [0.717, 1.165) is 23.4 Å². The molecule has 0 saturated carbocycles. The Morgan fingerprint density at radius 1 is 1.09 bits per heavy atom. The summed E-state index contributed by atoms with van der Waals surface area (Å²) in [5.74, 6) is -0.132. The summed E-state index contributed by atoms with van der Waals surface area (Å²) in [7, 11) is 0. The van der Waals surface area contributed by atoms with E-state index in [9.17, 15) is 9.59 Å². The molecular formula is C26H28N2O4. The van der Waals surface area contributed by atoms with Crippen LogP contribution in [0.5, 0.6) is 5.75 Å². The third-order valence-corrected chi connectivity index (χ3v) is 5.83. The molecule has 0 radical (unpaired) electrons. The van der Waals surface area contributed by atoms with Gasteiger partial charge in [0.1, 0.15) is 19.0 Å². The third kappa shape index (κ3) is 4.59. The fraction of sp³-hybridized carbons (Fsp3) is 0.346. The summed E-state index contributed by atoms with van der Waals surface area (Å²) in [5, 5.41) is 3.34. The number of ketones is 1. The smallest absolute Gasteiger partial charge is 0.336 e. The number of carbonyl (C=O) groups excluding carboxylic acids is 2. The second kappa shape index (κ2) is 8.99. The molecule has 1 aliphatic heterocycles. The van der Waals surface area contributed by atoms with Crippen molar-refractivity contribution in [2.24, 2.45) is 5.41 Å². The van der Waals surface area contributed by atoms with Gasteiger partial charge in [0, 0.05) is 41.7 Å². The number of pyridine rings is 1. The first-order chi connectivity index (χ1) is 15.4. The van der Waals surface area contributed by atoms with E-state index in [1.807, 2.05) is 49.4 Å². The maximum absolute atomic E-state index is 13.2. The highest BCUT2D eigenvalue weighted by molar-refractivity contribution is 6.04. The van der Waals surface area contributed by atoms with Crippen molar-refractivity contribution < 1.29 is 19.1 Å². The number of aromatic nitrogens is 1. The lowest BCUT2D eigenvalue weighted by atomic mass is 9.69. The van der Waals surface area contributed by atoms with E-state index in [2.05, 4.69) is 24.1 Å².